The number of furan rings is 1. The molecule has 0 spiro atoms. The quantitative estimate of drug-likeness (QED) is 0.778. The molecule has 138 valence electrons. The molecule has 1 aromatic heterocycles. The van der Waals surface area contributed by atoms with E-state index in [-0.39, 0.29) is 11.9 Å². The number of benzene rings is 1. The van der Waals surface area contributed by atoms with Crippen LogP contribution in [-0.4, -0.2) is 35.3 Å². The van der Waals surface area contributed by atoms with E-state index in [1.54, 1.807) is 18.0 Å². The Morgan fingerprint density at radius 2 is 2.12 bits per heavy atom. The Kier molecular flexibility index (Phi) is 5.98. The lowest BCUT2D eigenvalue weighted by molar-refractivity contribution is -0.128. The van der Waals surface area contributed by atoms with E-state index in [4.69, 9.17) is 4.42 Å². The fourth-order valence-corrected chi connectivity index (χ4v) is 3.32. The summed E-state index contributed by atoms with van der Waals surface area (Å²) in [4.78, 5) is 27.4. The molecular formula is C19H22BrN3O3. The third-order valence-corrected chi connectivity index (χ3v) is 4.77. The number of carbonyl (C=O) groups is 2. The van der Waals surface area contributed by atoms with Crippen LogP contribution in [0.5, 0.6) is 0 Å². The smallest absolute Gasteiger partial charge is 0.317 e. The van der Waals surface area contributed by atoms with Crippen molar-refractivity contribution in [2.75, 3.05) is 13.6 Å². The van der Waals surface area contributed by atoms with E-state index in [1.807, 2.05) is 35.2 Å². The molecule has 0 saturated carbocycles. The Labute approximate surface area is 161 Å². The second-order valence-corrected chi connectivity index (χ2v) is 7.24. The summed E-state index contributed by atoms with van der Waals surface area (Å²) in [5.41, 5.74) is 2.09. The van der Waals surface area contributed by atoms with Crippen molar-refractivity contribution in [1.82, 2.24) is 15.1 Å². The number of rotatable bonds is 6. The topological polar surface area (TPSA) is 65.8 Å². The molecule has 6 nitrogen and oxygen atoms in total. The van der Waals surface area contributed by atoms with Gasteiger partial charge in [0.1, 0.15) is 5.76 Å². The molecule has 0 aliphatic carbocycles. The van der Waals surface area contributed by atoms with Crippen LogP contribution in [0, 0.1) is 0 Å². The molecule has 0 bridgehead atoms. The summed E-state index contributed by atoms with van der Waals surface area (Å²) in [6, 6.07) is 11.4. The van der Waals surface area contributed by atoms with E-state index in [0.717, 1.165) is 24.1 Å². The molecule has 0 radical (unpaired) electrons. The Balaban J connectivity index is 1.51. The highest BCUT2D eigenvalue weighted by Gasteiger charge is 2.20. The molecule has 3 amide bonds. The Hall–Kier alpha value is -2.28. The zero-order valence-electron chi connectivity index (χ0n) is 14.7. The Morgan fingerprint density at radius 1 is 1.31 bits per heavy atom. The van der Waals surface area contributed by atoms with Crippen LogP contribution < -0.4 is 5.32 Å². The summed E-state index contributed by atoms with van der Waals surface area (Å²) < 4.78 is 6.07. The van der Waals surface area contributed by atoms with Gasteiger partial charge in [-0.25, -0.2) is 4.79 Å². The zero-order valence-corrected chi connectivity index (χ0v) is 16.3. The number of halogens is 1. The van der Waals surface area contributed by atoms with Crippen molar-refractivity contribution in [3.05, 3.63) is 58.0 Å². The van der Waals surface area contributed by atoms with E-state index in [9.17, 15) is 9.59 Å². The maximum absolute atomic E-state index is 12.2. The second-order valence-electron chi connectivity index (χ2n) is 6.46. The van der Waals surface area contributed by atoms with Gasteiger partial charge in [0.2, 0.25) is 5.91 Å². The largest absolute Gasteiger partial charge is 0.452 e. The lowest BCUT2D eigenvalue weighted by Crippen LogP contribution is -2.36. The molecule has 1 fully saturated rings. The highest BCUT2D eigenvalue weighted by atomic mass is 79.9. The van der Waals surface area contributed by atoms with Gasteiger partial charge in [0.25, 0.3) is 0 Å². The summed E-state index contributed by atoms with van der Waals surface area (Å²) in [6.45, 7) is 2.29. The molecule has 1 N–H and O–H groups in total. The molecule has 2 aromatic rings. The maximum Gasteiger partial charge on any atom is 0.317 e. The van der Waals surface area contributed by atoms with Gasteiger partial charge in [-0.05, 0) is 45.6 Å². The number of carbonyl (C=O) groups excluding carboxylic acids is 2. The van der Waals surface area contributed by atoms with E-state index in [0.29, 0.717) is 36.5 Å². The monoisotopic (exact) mass is 419 g/mol. The van der Waals surface area contributed by atoms with Crippen molar-refractivity contribution < 1.29 is 14.0 Å². The Morgan fingerprint density at radius 3 is 2.81 bits per heavy atom. The lowest BCUT2D eigenvalue weighted by Gasteiger charge is -2.18. The van der Waals surface area contributed by atoms with Crippen LogP contribution in [0.1, 0.15) is 29.7 Å². The van der Waals surface area contributed by atoms with Gasteiger partial charge in [-0.3, -0.25) is 4.79 Å². The predicted octanol–water partition coefficient (Wildman–Crippen LogP) is 3.51. The molecule has 1 saturated heterocycles. The number of hydrogen-bond donors (Lipinski definition) is 1. The van der Waals surface area contributed by atoms with Gasteiger partial charge in [-0.15, -0.1) is 0 Å². The summed E-state index contributed by atoms with van der Waals surface area (Å²) in [6.07, 6.45) is 1.58. The van der Waals surface area contributed by atoms with Crippen LogP contribution in [0.3, 0.4) is 0 Å². The molecule has 1 aromatic carbocycles. The van der Waals surface area contributed by atoms with Gasteiger partial charge < -0.3 is 19.5 Å². The second kappa shape index (κ2) is 8.40. The molecule has 0 unspecified atom stereocenters. The first kappa shape index (κ1) is 18.5. The molecule has 0 atom stereocenters. The third kappa shape index (κ3) is 4.88. The van der Waals surface area contributed by atoms with Gasteiger partial charge in [-0.1, -0.05) is 24.3 Å². The minimum absolute atomic E-state index is 0.169. The highest BCUT2D eigenvalue weighted by Crippen LogP contribution is 2.16. The molecule has 1 aliphatic rings. The number of nitrogens with one attached hydrogen (secondary N) is 1. The number of nitrogens with zero attached hydrogens (tertiary/aromatic N) is 2. The summed E-state index contributed by atoms with van der Waals surface area (Å²) >= 11 is 3.25. The minimum Gasteiger partial charge on any atom is -0.452 e. The SMILES string of the molecule is CN(Cc1ccc(Br)o1)C(=O)NCc1cccc(CN2CCCC2=O)c1. The first-order valence-electron chi connectivity index (χ1n) is 8.60. The third-order valence-electron chi connectivity index (χ3n) is 4.35. The molecule has 26 heavy (non-hydrogen) atoms. The van der Waals surface area contributed by atoms with E-state index in [2.05, 4.69) is 21.2 Å². The van der Waals surface area contributed by atoms with E-state index < -0.39 is 0 Å². The van der Waals surface area contributed by atoms with Crippen molar-refractivity contribution in [2.45, 2.75) is 32.5 Å². The van der Waals surface area contributed by atoms with Crippen LogP contribution in [0.15, 0.2) is 45.5 Å². The van der Waals surface area contributed by atoms with Gasteiger partial charge in [0, 0.05) is 33.1 Å². The van der Waals surface area contributed by atoms with Crippen molar-refractivity contribution in [3.63, 3.8) is 0 Å². The fourth-order valence-electron chi connectivity index (χ4n) is 2.98. The minimum atomic E-state index is -0.169. The average molecular weight is 420 g/mol. The Bertz CT molecular complexity index is 790. The number of urea groups is 1. The zero-order chi connectivity index (χ0) is 18.5. The van der Waals surface area contributed by atoms with Gasteiger partial charge >= 0.3 is 6.03 Å². The number of amides is 3. The molecule has 3 rings (SSSR count). The van der Waals surface area contributed by atoms with Gasteiger partial charge in [0.15, 0.2) is 4.67 Å². The van der Waals surface area contributed by atoms with Crippen molar-refractivity contribution >= 4 is 27.9 Å². The predicted molar refractivity (Wildman–Crippen MR) is 101 cm³/mol. The van der Waals surface area contributed by atoms with Gasteiger partial charge in [0.05, 0.1) is 6.54 Å². The lowest BCUT2D eigenvalue weighted by atomic mass is 10.1. The molecule has 2 heterocycles. The number of hydrogen-bond acceptors (Lipinski definition) is 3. The van der Waals surface area contributed by atoms with Crippen LogP contribution in [-0.2, 0) is 24.4 Å². The average Bonchev–Trinajstić information content (AvgIpc) is 3.21. The molecular weight excluding hydrogens is 398 g/mol. The van der Waals surface area contributed by atoms with Gasteiger partial charge in [-0.2, -0.15) is 0 Å². The van der Waals surface area contributed by atoms with Crippen LogP contribution in [0.2, 0.25) is 0 Å². The first-order valence-corrected chi connectivity index (χ1v) is 9.39. The highest BCUT2D eigenvalue weighted by molar-refractivity contribution is 9.10. The van der Waals surface area contributed by atoms with Crippen molar-refractivity contribution in [1.29, 1.82) is 0 Å². The fraction of sp³-hybridized carbons (Fsp3) is 0.368. The van der Waals surface area contributed by atoms with E-state index >= 15 is 0 Å². The summed E-state index contributed by atoms with van der Waals surface area (Å²) in [5.74, 6) is 0.932. The van der Waals surface area contributed by atoms with Crippen molar-refractivity contribution in [2.24, 2.45) is 0 Å². The van der Waals surface area contributed by atoms with E-state index in [1.165, 1.54) is 0 Å². The standard InChI is InChI=1S/C19H22BrN3O3/c1-22(13-16-7-8-17(20)26-16)19(25)21-11-14-4-2-5-15(10-14)12-23-9-3-6-18(23)24/h2,4-5,7-8,10H,3,6,9,11-13H2,1H3,(H,21,25). The van der Waals surface area contributed by atoms with Crippen LogP contribution in [0.4, 0.5) is 4.79 Å². The normalized spacial score (nSPS) is 13.9. The van der Waals surface area contributed by atoms with Crippen LogP contribution >= 0.6 is 15.9 Å². The summed E-state index contributed by atoms with van der Waals surface area (Å²) in [5, 5.41) is 2.91. The molecule has 1 aliphatic heterocycles. The summed E-state index contributed by atoms with van der Waals surface area (Å²) in [7, 11) is 1.72. The van der Waals surface area contributed by atoms with Crippen LogP contribution in [0.25, 0.3) is 0 Å². The maximum atomic E-state index is 12.2. The van der Waals surface area contributed by atoms with Crippen molar-refractivity contribution in [3.8, 4) is 0 Å². The number of likely N-dealkylation sites (tertiary alicyclic amines) is 1. The molecule has 7 heteroatoms. The first-order chi connectivity index (χ1) is 12.5.